The van der Waals surface area contributed by atoms with Crippen molar-refractivity contribution in [2.24, 2.45) is 34.5 Å². The van der Waals surface area contributed by atoms with Crippen LogP contribution in [-0.2, 0) is 4.79 Å². The number of carbonyl (C=O) groups excluding carboxylic acids is 1. The number of nitrogens with one attached hydrogen (secondary N) is 1. The second-order valence-electron chi connectivity index (χ2n) is 9.55. The first kappa shape index (κ1) is 15.9. The Balaban J connectivity index is 1.61. The van der Waals surface area contributed by atoms with Crippen LogP contribution in [0.5, 0.6) is 0 Å². The molecule has 8 atom stereocenters. The fourth-order valence-corrected chi connectivity index (χ4v) is 7.54. The van der Waals surface area contributed by atoms with Gasteiger partial charge in [-0.05, 0) is 86.4 Å². The van der Waals surface area contributed by atoms with Crippen LogP contribution >= 0.6 is 0 Å². The normalized spacial score (nSPS) is 53.7. The summed E-state index contributed by atoms with van der Waals surface area (Å²) >= 11 is 0. The van der Waals surface area contributed by atoms with Gasteiger partial charge < -0.3 is 10.4 Å². The molecular formula is C20H33NO2. The lowest BCUT2D eigenvalue weighted by molar-refractivity contribution is -0.138. The zero-order valence-corrected chi connectivity index (χ0v) is 15.0. The highest BCUT2D eigenvalue weighted by Gasteiger charge is 2.60. The summed E-state index contributed by atoms with van der Waals surface area (Å²) in [5.41, 5.74) is 0.650. The molecule has 1 aliphatic heterocycles. The molecule has 4 fully saturated rings. The zero-order valence-electron chi connectivity index (χ0n) is 15.0. The summed E-state index contributed by atoms with van der Waals surface area (Å²) in [6.45, 7) is 6.92. The second-order valence-corrected chi connectivity index (χ2v) is 9.55. The summed E-state index contributed by atoms with van der Waals surface area (Å²) < 4.78 is 0. The van der Waals surface area contributed by atoms with E-state index in [0.717, 1.165) is 30.6 Å². The largest absolute Gasteiger partial charge is 0.393 e. The maximum absolute atomic E-state index is 11.8. The van der Waals surface area contributed by atoms with E-state index >= 15 is 0 Å². The summed E-state index contributed by atoms with van der Waals surface area (Å²) in [5, 5.41) is 13.6. The fourth-order valence-electron chi connectivity index (χ4n) is 7.54. The number of hydrogen-bond acceptors (Lipinski definition) is 2. The average Bonchev–Trinajstić information content (AvgIpc) is 2.85. The first-order chi connectivity index (χ1) is 10.9. The number of aliphatic hydroxyl groups excluding tert-OH is 1. The van der Waals surface area contributed by atoms with Crippen molar-refractivity contribution in [2.75, 3.05) is 0 Å². The monoisotopic (exact) mass is 319 g/mol. The lowest BCUT2D eigenvalue weighted by atomic mass is 9.47. The number of rotatable bonds is 1. The summed E-state index contributed by atoms with van der Waals surface area (Å²) in [5.74, 6) is 3.13. The van der Waals surface area contributed by atoms with E-state index < -0.39 is 0 Å². The van der Waals surface area contributed by atoms with Crippen molar-refractivity contribution >= 4 is 5.91 Å². The molecule has 0 aromatic heterocycles. The Labute approximate surface area is 140 Å². The van der Waals surface area contributed by atoms with E-state index in [0.29, 0.717) is 29.2 Å². The third kappa shape index (κ3) is 2.14. The van der Waals surface area contributed by atoms with Crippen molar-refractivity contribution in [3.63, 3.8) is 0 Å². The average molecular weight is 319 g/mol. The third-order valence-corrected chi connectivity index (χ3v) is 8.75. The van der Waals surface area contributed by atoms with Crippen LogP contribution < -0.4 is 5.32 Å². The minimum absolute atomic E-state index is 0.164. The number of hydrogen-bond donors (Lipinski definition) is 2. The lowest BCUT2D eigenvalue weighted by Gasteiger charge is -2.60. The van der Waals surface area contributed by atoms with Gasteiger partial charge in [-0.1, -0.05) is 13.8 Å². The van der Waals surface area contributed by atoms with E-state index in [4.69, 9.17) is 0 Å². The highest BCUT2D eigenvalue weighted by molar-refractivity contribution is 5.77. The number of fused-ring (bicyclic) bond motifs is 5. The first-order valence-electron chi connectivity index (χ1n) is 9.83. The van der Waals surface area contributed by atoms with E-state index in [9.17, 15) is 9.90 Å². The van der Waals surface area contributed by atoms with Crippen LogP contribution in [0, 0.1) is 34.5 Å². The molecule has 130 valence electrons. The first-order valence-corrected chi connectivity index (χ1v) is 9.83. The number of amides is 1. The Morgan fingerprint density at radius 1 is 1.04 bits per heavy atom. The van der Waals surface area contributed by atoms with Crippen molar-refractivity contribution in [2.45, 2.75) is 84.3 Å². The molecule has 3 saturated carbocycles. The molecule has 0 radical (unpaired) electrons. The summed E-state index contributed by atoms with van der Waals surface area (Å²) in [7, 11) is 0. The molecule has 3 aliphatic carbocycles. The van der Waals surface area contributed by atoms with Crippen LogP contribution in [-0.4, -0.2) is 23.2 Å². The lowest BCUT2D eigenvalue weighted by Crippen LogP contribution is -2.61. The van der Waals surface area contributed by atoms with Crippen LogP contribution in [0.25, 0.3) is 0 Å². The van der Waals surface area contributed by atoms with Crippen molar-refractivity contribution in [1.29, 1.82) is 0 Å². The maximum atomic E-state index is 11.8. The van der Waals surface area contributed by atoms with Crippen LogP contribution in [0.3, 0.4) is 0 Å². The van der Waals surface area contributed by atoms with Gasteiger partial charge in [0.1, 0.15) is 0 Å². The molecule has 3 heteroatoms. The smallest absolute Gasteiger partial charge is 0.220 e. The Bertz CT molecular complexity index is 504. The molecule has 4 rings (SSSR count). The molecule has 0 aromatic carbocycles. The third-order valence-electron chi connectivity index (χ3n) is 8.75. The van der Waals surface area contributed by atoms with E-state index in [-0.39, 0.29) is 12.0 Å². The molecule has 1 heterocycles. The van der Waals surface area contributed by atoms with Gasteiger partial charge >= 0.3 is 0 Å². The number of aliphatic hydroxyl groups is 1. The van der Waals surface area contributed by atoms with Gasteiger partial charge in [0.2, 0.25) is 5.91 Å². The molecule has 1 saturated heterocycles. The van der Waals surface area contributed by atoms with Crippen molar-refractivity contribution in [1.82, 2.24) is 5.32 Å². The quantitative estimate of drug-likeness (QED) is 0.777. The summed E-state index contributed by atoms with van der Waals surface area (Å²) in [6, 6.07) is 0.406. The predicted octanol–water partition coefficient (Wildman–Crippen LogP) is 3.50. The highest BCUT2D eigenvalue weighted by atomic mass is 16.3. The van der Waals surface area contributed by atoms with E-state index in [2.05, 4.69) is 19.2 Å². The Kier molecular flexibility index (Phi) is 3.61. The molecule has 0 spiro atoms. The molecule has 23 heavy (non-hydrogen) atoms. The van der Waals surface area contributed by atoms with Crippen LogP contribution in [0.15, 0.2) is 0 Å². The molecular weight excluding hydrogens is 286 g/mol. The van der Waals surface area contributed by atoms with Crippen LogP contribution in [0.2, 0.25) is 0 Å². The molecule has 1 amide bonds. The molecule has 4 aliphatic rings. The zero-order chi connectivity index (χ0) is 16.4. The second kappa shape index (κ2) is 5.21. The predicted molar refractivity (Wildman–Crippen MR) is 90.7 cm³/mol. The molecule has 3 unspecified atom stereocenters. The van der Waals surface area contributed by atoms with E-state index in [1.807, 2.05) is 6.92 Å². The Morgan fingerprint density at radius 3 is 2.52 bits per heavy atom. The molecule has 3 nitrogen and oxygen atoms in total. The van der Waals surface area contributed by atoms with Gasteiger partial charge in [-0.3, -0.25) is 4.79 Å². The van der Waals surface area contributed by atoms with Gasteiger partial charge in [0.15, 0.2) is 0 Å². The maximum Gasteiger partial charge on any atom is 0.220 e. The van der Waals surface area contributed by atoms with Crippen molar-refractivity contribution < 1.29 is 9.90 Å². The van der Waals surface area contributed by atoms with Crippen LogP contribution in [0.1, 0.15) is 72.1 Å². The van der Waals surface area contributed by atoms with Crippen LogP contribution in [0.4, 0.5) is 0 Å². The Hall–Kier alpha value is -0.570. The summed E-state index contributed by atoms with van der Waals surface area (Å²) in [6.07, 6.45) is 9.14. The van der Waals surface area contributed by atoms with Gasteiger partial charge in [-0.15, -0.1) is 0 Å². The van der Waals surface area contributed by atoms with Gasteiger partial charge in [0.25, 0.3) is 0 Å². The summed E-state index contributed by atoms with van der Waals surface area (Å²) in [4.78, 5) is 11.8. The van der Waals surface area contributed by atoms with Gasteiger partial charge in [0.05, 0.1) is 6.10 Å². The van der Waals surface area contributed by atoms with E-state index in [1.54, 1.807) is 0 Å². The topological polar surface area (TPSA) is 49.3 Å². The number of carbonyl (C=O) groups is 1. The van der Waals surface area contributed by atoms with Crippen molar-refractivity contribution in [3.05, 3.63) is 0 Å². The highest BCUT2D eigenvalue weighted by Crippen LogP contribution is 2.65. The van der Waals surface area contributed by atoms with Gasteiger partial charge in [-0.25, -0.2) is 0 Å². The minimum Gasteiger partial charge on any atom is -0.393 e. The SMILES string of the molecule is CC(O)C1CC[C@H]2[C@@H]3CCC4NC(=O)CC[C@]4(C)[C@@H]3CC[C@]12C. The van der Waals surface area contributed by atoms with Gasteiger partial charge in [0, 0.05) is 12.5 Å². The molecule has 0 bridgehead atoms. The molecule has 0 aromatic rings. The minimum atomic E-state index is -0.164. The fraction of sp³-hybridized carbons (Fsp3) is 0.950. The standard InChI is InChI=1S/C20H33NO2/c1-12(22)14-5-6-15-13-4-7-17-20(3,11-9-18(23)21-17)16(13)8-10-19(14,15)2/h12-17,22H,4-11H2,1-3H3,(H,21,23)/t12?,13-,14?,15-,16+,17?,19+,20+/m0/s1. The van der Waals surface area contributed by atoms with Gasteiger partial charge in [-0.2, -0.15) is 0 Å². The number of piperidine rings is 1. The van der Waals surface area contributed by atoms with E-state index in [1.165, 1.54) is 32.1 Å². The molecule has 2 N–H and O–H groups in total. The Morgan fingerprint density at radius 2 is 1.78 bits per heavy atom. The van der Waals surface area contributed by atoms with Crippen molar-refractivity contribution in [3.8, 4) is 0 Å².